The van der Waals surface area contributed by atoms with E-state index in [0.29, 0.717) is 12.8 Å². The maximum Gasteiger partial charge on any atom is 0.266 e. The van der Waals surface area contributed by atoms with Crippen LogP contribution in [0.5, 0.6) is 0 Å². The van der Waals surface area contributed by atoms with Gasteiger partial charge in [0.1, 0.15) is 0 Å². The van der Waals surface area contributed by atoms with Gasteiger partial charge in [0.2, 0.25) is 0 Å². The van der Waals surface area contributed by atoms with E-state index in [1.807, 2.05) is 6.92 Å². The molecule has 0 saturated carbocycles. The molecular weight excluding hydrogens is 240 g/mol. The number of rotatable bonds is 8. The molecule has 0 spiro atoms. The van der Waals surface area contributed by atoms with E-state index >= 15 is 0 Å². The molecule has 0 aromatic rings. The van der Waals surface area contributed by atoms with Gasteiger partial charge in [-0.2, -0.15) is 8.42 Å². The second-order valence-corrected chi connectivity index (χ2v) is 6.21. The minimum atomic E-state index is -4.16. The molecule has 7 heteroatoms. The van der Waals surface area contributed by atoms with Gasteiger partial charge in [0.25, 0.3) is 10.1 Å². The van der Waals surface area contributed by atoms with Crippen LogP contribution in [0.25, 0.3) is 0 Å². The lowest BCUT2D eigenvalue weighted by atomic mass is 10.1. The second-order valence-electron chi connectivity index (χ2n) is 3.50. The third kappa shape index (κ3) is 8.98. The Morgan fingerprint density at radius 2 is 1.87 bits per heavy atom. The van der Waals surface area contributed by atoms with Crippen LogP contribution >= 0.6 is 0 Å². The number of hydrogen-bond donors (Lipinski definition) is 2. The Morgan fingerprint density at radius 1 is 1.27 bits per heavy atom. The van der Waals surface area contributed by atoms with Crippen LogP contribution in [-0.4, -0.2) is 32.7 Å². The molecule has 2 N–H and O–H groups in total. The van der Waals surface area contributed by atoms with E-state index in [0.717, 1.165) is 19.3 Å². The van der Waals surface area contributed by atoms with Crippen LogP contribution < -0.4 is 0 Å². The van der Waals surface area contributed by atoms with Crippen LogP contribution in [0.15, 0.2) is 0 Å². The van der Waals surface area contributed by atoms with Crippen molar-refractivity contribution in [1.82, 2.24) is 0 Å². The molecule has 92 valence electrons. The Hall–Kier alpha value is 0.0200. The van der Waals surface area contributed by atoms with Gasteiger partial charge in [-0.25, -0.2) is 4.21 Å². The lowest BCUT2D eigenvalue weighted by molar-refractivity contribution is 0.474. The molecule has 0 aromatic carbocycles. The van der Waals surface area contributed by atoms with Gasteiger partial charge >= 0.3 is 0 Å². The molecule has 2 atom stereocenters. The normalized spacial score (nSPS) is 16.2. The first-order chi connectivity index (χ1) is 6.87. The van der Waals surface area contributed by atoms with Crippen molar-refractivity contribution in [3.8, 4) is 0 Å². The summed E-state index contributed by atoms with van der Waals surface area (Å²) in [6.07, 6.45) is 4.04. The molecule has 2 unspecified atom stereocenters. The van der Waals surface area contributed by atoms with E-state index < -0.39 is 32.2 Å². The standard InChI is InChI=1S/C8H18O5S2/c1-2-3-4-5-6-8(14(9)10)7-15(11,12)13/h8H,2-7H2,1H3,(H,9,10)(H,11,12,13). The molecule has 0 rings (SSSR count). The van der Waals surface area contributed by atoms with Gasteiger partial charge in [-0.3, -0.25) is 4.55 Å². The Bertz CT molecular complexity index is 285. The zero-order valence-electron chi connectivity index (χ0n) is 8.76. The molecule has 0 bridgehead atoms. The maximum absolute atomic E-state index is 10.8. The molecule has 0 aliphatic heterocycles. The monoisotopic (exact) mass is 258 g/mol. The van der Waals surface area contributed by atoms with Gasteiger partial charge in [-0.05, 0) is 6.42 Å². The molecule has 15 heavy (non-hydrogen) atoms. The molecule has 0 saturated heterocycles. The van der Waals surface area contributed by atoms with Crippen molar-refractivity contribution >= 4 is 21.2 Å². The lowest BCUT2D eigenvalue weighted by Gasteiger charge is -2.10. The summed E-state index contributed by atoms with van der Waals surface area (Å²) in [6.45, 7) is 2.04. The van der Waals surface area contributed by atoms with Gasteiger partial charge in [-0.1, -0.05) is 32.6 Å². The van der Waals surface area contributed by atoms with Gasteiger partial charge in [0, 0.05) is 0 Å². The van der Waals surface area contributed by atoms with Crippen molar-refractivity contribution < 1.29 is 21.7 Å². The Morgan fingerprint density at radius 3 is 2.27 bits per heavy atom. The summed E-state index contributed by atoms with van der Waals surface area (Å²) >= 11 is -2.19. The van der Waals surface area contributed by atoms with Crippen LogP contribution in [0.4, 0.5) is 0 Å². The maximum atomic E-state index is 10.8. The van der Waals surface area contributed by atoms with Crippen molar-refractivity contribution in [2.24, 2.45) is 0 Å². The number of hydrogen-bond acceptors (Lipinski definition) is 3. The molecule has 0 radical (unpaired) electrons. The van der Waals surface area contributed by atoms with Gasteiger partial charge < -0.3 is 4.55 Å². The lowest BCUT2D eigenvalue weighted by Crippen LogP contribution is -2.25. The molecule has 0 aromatic heterocycles. The molecule has 5 nitrogen and oxygen atoms in total. The molecule has 0 amide bonds. The third-order valence-corrected chi connectivity index (χ3v) is 4.07. The number of unbranched alkanes of at least 4 members (excludes halogenated alkanes) is 3. The van der Waals surface area contributed by atoms with Crippen molar-refractivity contribution in [2.75, 3.05) is 5.75 Å². The minimum Gasteiger partial charge on any atom is -0.306 e. The van der Waals surface area contributed by atoms with Crippen LogP contribution in [0.1, 0.15) is 39.0 Å². The molecule has 0 fully saturated rings. The third-order valence-electron chi connectivity index (χ3n) is 2.06. The van der Waals surface area contributed by atoms with E-state index in [1.165, 1.54) is 0 Å². The van der Waals surface area contributed by atoms with Crippen LogP contribution in [-0.2, 0) is 21.2 Å². The predicted octanol–water partition coefficient (Wildman–Crippen LogP) is 1.43. The fraction of sp³-hybridized carbons (Fsp3) is 1.00. The van der Waals surface area contributed by atoms with E-state index in [1.54, 1.807) is 0 Å². The van der Waals surface area contributed by atoms with Gasteiger partial charge in [0.05, 0.1) is 11.0 Å². The van der Waals surface area contributed by atoms with Crippen LogP contribution in [0.3, 0.4) is 0 Å². The Kier molecular flexibility index (Phi) is 7.33. The van der Waals surface area contributed by atoms with Crippen molar-refractivity contribution in [3.05, 3.63) is 0 Å². The van der Waals surface area contributed by atoms with E-state index in [9.17, 15) is 12.6 Å². The fourth-order valence-electron chi connectivity index (χ4n) is 1.28. The van der Waals surface area contributed by atoms with Crippen LogP contribution in [0, 0.1) is 0 Å². The van der Waals surface area contributed by atoms with E-state index in [-0.39, 0.29) is 0 Å². The largest absolute Gasteiger partial charge is 0.306 e. The van der Waals surface area contributed by atoms with E-state index in [2.05, 4.69) is 0 Å². The Balaban J connectivity index is 4.01. The Labute approximate surface area is 93.3 Å². The zero-order valence-corrected chi connectivity index (χ0v) is 10.4. The predicted molar refractivity (Wildman–Crippen MR) is 59.7 cm³/mol. The van der Waals surface area contributed by atoms with E-state index in [4.69, 9.17) is 9.11 Å². The summed E-state index contributed by atoms with van der Waals surface area (Å²) in [5.41, 5.74) is 0. The summed E-state index contributed by atoms with van der Waals surface area (Å²) < 4.78 is 49.3. The highest BCUT2D eigenvalue weighted by Crippen LogP contribution is 2.11. The average Bonchev–Trinajstić information content (AvgIpc) is 2.08. The van der Waals surface area contributed by atoms with Crippen molar-refractivity contribution in [2.45, 2.75) is 44.3 Å². The van der Waals surface area contributed by atoms with Gasteiger partial charge in [-0.15, -0.1) is 0 Å². The highest BCUT2D eigenvalue weighted by Gasteiger charge is 2.21. The van der Waals surface area contributed by atoms with Gasteiger partial charge in [0.15, 0.2) is 11.1 Å². The second kappa shape index (κ2) is 7.32. The molecule has 0 aliphatic rings. The smallest absolute Gasteiger partial charge is 0.266 e. The molecular formula is C8H18O5S2. The summed E-state index contributed by atoms with van der Waals surface area (Å²) in [6, 6.07) is 0. The summed E-state index contributed by atoms with van der Waals surface area (Å²) in [5, 5.41) is -0.878. The fourth-order valence-corrected chi connectivity index (χ4v) is 3.26. The summed E-state index contributed by atoms with van der Waals surface area (Å²) in [7, 11) is -4.16. The zero-order chi connectivity index (χ0) is 11.9. The summed E-state index contributed by atoms with van der Waals surface area (Å²) in [5.74, 6) is -0.637. The highest BCUT2D eigenvalue weighted by molar-refractivity contribution is 7.87. The van der Waals surface area contributed by atoms with Crippen molar-refractivity contribution in [3.63, 3.8) is 0 Å². The first kappa shape index (κ1) is 15.0. The first-order valence-electron chi connectivity index (χ1n) is 4.91. The quantitative estimate of drug-likeness (QED) is 0.390. The SMILES string of the molecule is CCCCCCC(CS(=O)(=O)O)S(=O)O. The topological polar surface area (TPSA) is 91.7 Å². The average molecular weight is 258 g/mol. The van der Waals surface area contributed by atoms with Crippen LogP contribution in [0.2, 0.25) is 0 Å². The minimum absolute atomic E-state index is 0.350. The highest BCUT2D eigenvalue weighted by atomic mass is 32.2. The first-order valence-corrected chi connectivity index (χ1v) is 7.69. The molecule has 0 heterocycles. The summed E-state index contributed by atoms with van der Waals surface area (Å²) in [4.78, 5) is 0. The van der Waals surface area contributed by atoms with Crippen molar-refractivity contribution in [1.29, 1.82) is 0 Å². The molecule has 0 aliphatic carbocycles.